The zero-order chi connectivity index (χ0) is 16.8. The number of hydrogen-bond acceptors (Lipinski definition) is 3. The van der Waals surface area contributed by atoms with Crippen LogP contribution >= 0.6 is 0 Å². The van der Waals surface area contributed by atoms with E-state index in [0.717, 1.165) is 12.5 Å². The van der Waals surface area contributed by atoms with Crippen LogP contribution in [-0.2, 0) is 14.4 Å². The lowest BCUT2D eigenvalue weighted by Gasteiger charge is -2.26. The largest absolute Gasteiger partial charge is 0.333 e. The summed E-state index contributed by atoms with van der Waals surface area (Å²) >= 11 is 0. The smallest absolute Gasteiger partial charge is 0.247 e. The monoisotopic (exact) mass is 315 g/mol. The van der Waals surface area contributed by atoms with E-state index in [2.05, 4.69) is 11.9 Å². The van der Waals surface area contributed by atoms with E-state index < -0.39 is 6.04 Å². The Labute approximate surface area is 135 Å². The van der Waals surface area contributed by atoms with Crippen molar-refractivity contribution in [2.24, 2.45) is 0 Å². The van der Waals surface area contributed by atoms with E-state index in [1.54, 1.807) is 17.0 Å². The molecule has 1 saturated heterocycles. The lowest BCUT2D eigenvalue weighted by Crippen LogP contribution is -2.47. The van der Waals surface area contributed by atoms with Gasteiger partial charge in [-0.05, 0) is 31.1 Å². The first kappa shape index (κ1) is 16.7. The number of amides is 3. The number of para-hydroxylation sites is 1. The molecule has 1 aliphatic heterocycles. The molecule has 0 aliphatic carbocycles. The number of carbonyl (C=O) groups is 3. The molecule has 0 saturated carbocycles. The van der Waals surface area contributed by atoms with Crippen molar-refractivity contribution in [1.82, 2.24) is 9.80 Å². The average molecular weight is 315 g/mol. The van der Waals surface area contributed by atoms with Crippen LogP contribution in [0.25, 0.3) is 0 Å². The first-order chi connectivity index (χ1) is 11.0. The van der Waals surface area contributed by atoms with Gasteiger partial charge >= 0.3 is 0 Å². The molecule has 1 atom stereocenters. The Morgan fingerprint density at radius 3 is 2.70 bits per heavy atom. The van der Waals surface area contributed by atoms with Crippen LogP contribution in [0.3, 0.4) is 0 Å². The molecule has 1 aliphatic rings. The molecule has 3 amide bonds. The highest BCUT2D eigenvalue weighted by Crippen LogP contribution is 2.19. The maximum atomic E-state index is 12.4. The van der Waals surface area contributed by atoms with E-state index in [1.165, 1.54) is 11.9 Å². The molecule has 0 radical (unpaired) electrons. The molecular weight excluding hydrogens is 294 g/mol. The Morgan fingerprint density at radius 1 is 1.35 bits per heavy atom. The van der Waals surface area contributed by atoms with Crippen molar-refractivity contribution in [3.05, 3.63) is 43.0 Å². The molecular formula is C17H21N3O3. The molecule has 2 rings (SSSR count). The van der Waals surface area contributed by atoms with Crippen LogP contribution in [0.5, 0.6) is 0 Å². The molecule has 122 valence electrons. The second-order valence-corrected chi connectivity index (χ2v) is 5.50. The van der Waals surface area contributed by atoms with Crippen LogP contribution in [0.15, 0.2) is 43.0 Å². The van der Waals surface area contributed by atoms with Gasteiger partial charge in [-0.25, -0.2) is 0 Å². The average Bonchev–Trinajstić information content (AvgIpc) is 3.04. The minimum atomic E-state index is -0.491. The van der Waals surface area contributed by atoms with Gasteiger partial charge in [-0.3, -0.25) is 14.4 Å². The van der Waals surface area contributed by atoms with E-state index in [4.69, 9.17) is 0 Å². The fourth-order valence-electron chi connectivity index (χ4n) is 2.61. The maximum absolute atomic E-state index is 12.4. The summed E-state index contributed by atoms with van der Waals surface area (Å²) in [7, 11) is 1.54. The number of likely N-dealkylation sites (tertiary alicyclic amines) is 1. The van der Waals surface area contributed by atoms with Crippen molar-refractivity contribution in [1.29, 1.82) is 0 Å². The van der Waals surface area contributed by atoms with Gasteiger partial charge in [0.05, 0.1) is 6.54 Å². The van der Waals surface area contributed by atoms with Crippen molar-refractivity contribution in [3.63, 3.8) is 0 Å². The molecule has 1 heterocycles. The van der Waals surface area contributed by atoms with Gasteiger partial charge in [0.2, 0.25) is 17.7 Å². The Kier molecular flexibility index (Phi) is 5.51. The standard InChI is InChI=1S/C17H21N3O3/c1-3-15(21)19(2)12-16(22)20-11-7-10-14(20)17(23)18-13-8-5-4-6-9-13/h3-6,8-9,14H,1,7,10-12H2,2H3,(H,18,23)/t14-/m1/s1. The summed E-state index contributed by atoms with van der Waals surface area (Å²) in [5.41, 5.74) is 0.704. The number of rotatable bonds is 5. The summed E-state index contributed by atoms with van der Waals surface area (Å²) in [6.45, 7) is 3.87. The highest BCUT2D eigenvalue weighted by Gasteiger charge is 2.34. The summed E-state index contributed by atoms with van der Waals surface area (Å²) in [6, 6.07) is 8.65. The maximum Gasteiger partial charge on any atom is 0.247 e. The van der Waals surface area contributed by atoms with Crippen LogP contribution in [0.1, 0.15) is 12.8 Å². The first-order valence-corrected chi connectivity index (χ1v) is 7.56. The van der Waals surface area contributed by atoms with Crippen LogP contribution < -0.4 is 5.32 Å². The second kappa shape index (κ2) is 7.58. The van der Waals surface area contributed by atoms with E-state index in [0.29, 0.717) is 18.7 Å². The first-order valence-electron chi connectivity index (χ1n) is 7.56. The van der Waals surface area contributed by atoms with E-state index >= 15 is 0 Å². The van der Waals surface area contributed by atoms with Gasteiger partial charge in [-0.2, -0.15) is 0 Å². The van der Waals surface area contributed by atoms with Gasteiger partial charge in [0.15, 0.2) is 0 Å². The topological polar surface area (TPSA) is 69.7 Å². The minimum absolute atomic E-state index is 0.0556. The summed E-state index contributed by atoms with van der Waals surface area (Å²) in [5.74, 6) is -0.740. The van der Waals surface area contributed by atoms with Gasteiger partial charge in [-0.1, -0.05) is 24.8 Å². The quantitative estimate of drug-likeness (QED) is 0.832. The molecule has 0 aromatic heterocycles. The molecule has 1 aromatic carbocycles. The number of anilines is 1. The minimum Gasteiger partial charge on any atom is -0.333 e. The fraction of sp³-hybridized carbons (Fsp3) is 0.353. The predicted octanol–water partition coefficient (Wildman–Crippen LogP) is 1.26. The highest BCUT2D eigenvalue weighted by molar-refractivity contribution is 5.98. The molecule has 1 aromatic rings. The third-order valence-corrected chi connectivity index (χ3v) is 3.84. The van der Waals surface area contributed by atoms with Crippen molar-refractivity contribution >= 4 is 23.4 Å². The predicted molar refractivity (Wildman–Crippen MR) is 87.6 cm³/mol. The molecule has 6 heteroatoms. The molecule has 23 heavy (non-hydrogen) atoms. The van der Waals surface area contributed by atoms with Crippen LogP contribution in [0, 0.1) is 0 Å². The lowest BCUT2D eigenvalue weighted by molar-refractivity contribution is -0.140. The Bertz CT molecular complexity index is 600. The van der Waals surface area contributed by atoms with Crippen molar-refractivity contribution in [3.8, 4) is 0 Å². The van der Waals surface area contributed by atoms with Gasteiger partial charge in [0, 0.05) is 19.3 Å². The fourth-order valence-corrected chi connectivity index (χ4v) is 2.61. The normalized spacial score (nSPS) is 16.7. The third-order valence-electron chi connectivity index (χ3n) is 3.84. The molecule has 0 unspecified atom stereocenters. The number of benzene rings is 1. The van der Waals surface area contributed by atoms with Crippen LogP contribution in [-0.4, -0.2) is 53.7 Å². The SMILES string of the molecule is C=CC(=O)N(C)CC(=O)N1CCC[C@@H]1C(=O)Nc1ccccc1. The van der Waals surface area contributed by atoms with Crippen molar-refractivity contribution < 1.29 is 14.4 Å². The van der Waals surface area contributed by atoms with Crippen LogP contribution in [0.2, 0.25) is 0 Å². The summed E-state index contributed by atoms with van der Waals surface area (Å²) in [4.78, 5) is 39.1. The molecule has 6 nitrogen and oxygen atoms in total. The van der Waals surface area contributed by atoms with Gasteiger partial charge < -0.3 is 15.1 Å². The molecule has 0 spiro atoms. The van der Waals surface area contributed by atoms with E-state index in [9.17, 15) is 14.4 Å². The Hall–Kier alpha value is -2.63. The Morgan fingerprint density at radius 2 is 2.04 bits per heavy atom. The number of hydrogen-bond donors (Lipinski definition) is 1. The van der Waals surface area contributed by atoms with Crippen molar-refractivity contribution in [2.75, 3.05) is 25.5 Å². The zero-order valence-corrected chi connectivity index (χ0v) is 13.2. The van der Waals surface area contributed by atoms with E-state index in [-0.39, 0.29) is 24.3 Å². The number of carbonyl (C=O) groups excluding carboxylic acids is 3. The molecule has 1 N–H and O–H groups in total. The molecule has 1 fully saturated rings. The molecule has 0 bridgehead atoms. The van der Waals surface area contributed by atoms with Crippen LogP contribution in [0.4, 0.5) is 5.69 Å². The van der Waals surface area contributed by atoms with Gasteiger partial charge in [0.25, 0.3) is 0 Å². The summed E-state index contributed by atoms with van der Waals surface area (Å²) in [5, 5.41) is 2.83. The summed E-state index contributed by atoms with van der Waals surface area (Å²) < 4.78 is 0. The second-order valence-electron chi connectivity index (χ2n) is 5.50. The van der Waals surface area contributed by atoms with Gasteiger partial charge in [0.1, 0.15) is 6.04 Å². The highest BCUT2D eigenvalue weighted by atomic mass is 16.2. The van der Waals surface area contributed by atoms with E-state index in [1.807, 2.05) is 18.2 Å². The summed E-state index contributed by atoms with van der Waals surface area (Å²) in [6.07, 6.45) is 2.57. The Balaban J connectivity index is 1.99. The third kappa shape index (κ3) is 4.18. The number of nitrogens with zero attached hydrogens (tertiary/aromatic N) is 2. The number of nitrogens with one attached hydrogen (secondary N) is 1. The van der Waals surface area contributed by atoms with Gasteiger partial charge in [-0.15, -0.1) is 0 Å². The number of likely N-dealkylation sites (N-methyl/N-ethyl adjacent to an activating group) is 1. The zero-order valence-electron chi connectivity index (χ0n) is 13.2. The van der Waals surface area contributed by atoms with Crippen molar-refractivity contribution in [2.45, 2.75) is 18.9 Å². The lowest BCUT2D eigenvalue weighted by atomic mass is 10.2.